The van der Waals surface area contributed by atoms with Gasteiger partial charge in [-0.15, -0.1) is 0 Å². The Bertz CT molecular complexity index is 258. The molecule has 0 amide bonds. The second-order valence-electron chi connectivity index (χ2n) is 3.02. The van der Waals surface area contributed by atoms with Gasteiger partial charge >= 0.3 is 11.9 Å². The summed E-state index contributed by atoms with van der Waals surface area (Å²) in [5.41, 5.74) is 1.47. The fourth-order valence-corrected chi connectivity index (χ4v) is 0.214. The van der Waals surface area contributed by atoms with Crippen molar-refractivity contribution >= 4 is 11.9 Å². The molecule has 0 fully saturated rings. The van der Waals surface area contributed by atoms with Gasteiger partial charge in [0.05, 0.1) is 0 Å². The first kappa shape index (κ1) is 14.9. The monoisotopic (exact) mass is 200 g/mol. The lowest BCUT2D eigenvalue weighted by molar-refractivity contribution is -0.133. The number of carboxylic acids is 2. The molecule has 0 spiro atoms. The Morgan fingerprint density at radius 1 is 0.929 bits per heavy atom. The third-order valence-corrected chi connectivity index (χ3v) is 1.44. The molecule has 4 nitrogen and oxygen atoms in total. The number of aliphatic carboxylic acids is 2. The van der Waals surface area contributed by atoms with Crippen molar-refractivity contribution in [3.8, 4) is 0 Å². The highest BCUT2D eigenvalue weighted by Gasteiger charge is 1.99. The molecule has 0 aromatic rings. The standard InChI is InChI=1S/C6H10O2.C4H6O2/c1-4(2)5(3)6(7)8;1-3(2)4(5)6/h1-3H3,(H,7,8);1H2,2H3,(H,5,6). The molecule has 4 heteroatoms. The fraction of sp³-hybridized carbons (Fsp3) is 0.400. The lowest BCUT2D eigenvalue weighted by atomic mass is 10.2. The molecule has 0 atom stereocenters. The van der Waals surface area contributed by atoms with Crippen molar-refractivity contribution in [1.29, 1.82) is 0 Å². The zero-order valence-corrected chi connectivity index (χ0v) is 8.92. The normalized spacial score (nSPS) is 8.00. The lowest BCUT2D eigenvalue weighted by Gasteiger charge is -1.92. The topological polar surface area (TPSA) is 74.6 Å². The van der Waals surface area contributed by atoms with Crippen LogP contribution in [0.5, 0.6) is 0 Å². The summed E-state index contributed by atoms with van der Waals surface area (Å²) in [6, 6.07) is 0. The van der Waals surface area contributed by atoms with Crippen LogP contribution < -0.4 is 0 Å². The Labute approximate surface area is 83.6 Å². The quantitative estimate of drug-likeness (QED) is 0.669. The van der Waals surface area contributed by atoms with Crippen molar-refractivity contribution in [2.75, 3.05) is 0 Å². The number of hydrogen-bond acceptors (Lipinski definition) is 2. The molecule has 80 valence electrons. The van der Waals surface area contributed by atoms with Gasteiger partial charge in [0.2, 0.25) is 0 Å². The van der Waals surface area contributed by atoms with Gasteiger partial charge in [0.15, 0.2) is 0 Å². The minimum absolute atomic E-state index is 0.176. The Balaban J connectivity index is 0. The summed E-state index contributed by atoms with van der Waals surface area (Å²) in [4.78, 5) is 19.7. The predicted molar refractivity (Wildman–Crippen MR) is 54.1 cm³/mol. The minimum atomic E-state index is -0.935. The molecule has 2 N–H and O–H groups in total. The number of allylic oxidation sites excluding steroid dienone is 1. The van der Waals surface area contributed by atoms with Crippen LogP contribution in [0.4, 0.5) is 0 Å². The molecule has 0 aliphatic heterocycles. The van der Waals surface area contributed by atoms with Crippen LogP contribution in [0.25, 0.3) is 0 Å². The summed E-state index contributed by atoms with van der Waals surface area (Å²) >= 11 is 0. The van der Waals surface area contributed by atoms with Crippen LogP contribution in [0, 0.1) is 0 Å². The van der Waals surface area contributed by atoms with Gasteiger partial charge in [-0.2, -0.15) is 0 Å². The molecule has 0 rings (SSSR count). The average molecular weight is 200 g/mol. The van der Waals surface area contributed by atoms with Crippen LogP contribution in [0.1, 0.15) is 27.7 Å². The summed E-state index contributed by atoms with van der Waals surface area (Å²) in [6.07, 6.45) is 0. The molecular weight excluding hydrogens is 184 g/mol. The molecule has 0 aliphatic rings. The van der Waals surface area contributed by atoms with Crippen LogP contribution in [-0.4, -0.2) is 22.2 Å². The molecule has 0 heterocycles. The van der Waals surface area contributed by atoms with Gasteiger partial charge in [-0.3, -0.25) is 0 Å². The number of carbonyl (C=O) groups is 2. The largest absolute Gasteiger partial charge is 0.478 e. The van der Waals surface area contributed by atoms with Crippen molar-refractivity contribution in [2.24, 2.45) is 0 Å². The Hall–Kier alpha value is -1.58. The van der Waals surface area contributed by atoms with Gasteiger partial charge in [-0.25, -0.2) is 9.59 Å². The first-order valence-electron chi connectivity index (χ1n) is 3.96. The summed E-state index contributed by atoms with van der Waals surface area (Å²) in [7, 11) is 0. The van der Waals surface area contributed by atoms with E-state index in [4.69, 9.17) is 10.2 Å². The molecule has 0 radical (unpaired) electrons. The summed E-state index contributed by atoms with van der Waals surface area (Å²) in [6.45, 7) is 9.76. The van der Waals surface area contributed by atoms with Crippen LogP contribution in [0.2, 0.25) is 0 Å². The van der Waals surface area contributed by atoms with Crippen molar-refractivity contribution in [3.63, 3.8) is 0 Å². The molecule has 0 aromatic carbocycles. The summed E-state index contributed by atoms with van der Waals surface area (Å²) in [5, 5.41) is 16.2. The molecule has 14 heavy (non-hydrogen) atoms. The Morgan fingerprint density at radius 3 is 1.21 bits per heavy atom. The number of hydrogen-bond donors (Lipinski definition) is 2. The van der Waals surface area contributed by atoms with Crippen molar-refractivity contribution in [3.05, 3.63) is 23.3 Å². The van der Waals surface area contributed by atoms with Gasteiger partial charge in [0.1, 0.15) is 0 Å². The molecule has 0 saturated heterocycles. The van der Waals surface area contributed by atoms with E-state index >= 15 is 0 Å². The average Bonchev–Trinajstić information content (AvgIpc) is 2.03. The predicted octanol–water partition coefficient (Wildman–Crippen LogP) is 2.07. The van der Waals surface area contributed by atoms with Gasteiger partial charge in [0, 0.05) is 11.1 Å². The van der Waals surface area contributed by atoms with E-state index in [1.54, 1.807) is 20.8 Å². The third-order valence-electron chi connectivity index (χ3n) is 1.44. The van der Waals surface area contributed by atoms with Crippen LogP contribution >= 0.6 is 0 Å². The van der Waals surface area contributed by atoms with Gasteiger partial charge < -0.3 is 10.2 Å². The first-order chi connectivity index (χ1) is 6.20. The van der Waals surface area contributed by atoms with Crippen LogP contribution in [0.15, 0.2) is 23.3 Å². The Kier molecular flexibility index (Phi) is 7.34. The van der Waals surface area contributed by atoms with E-state index in [0.29, 0.717) is 5.57 Å². The highest BCUT2D eigenvalue weighted by molar-refractivity contribution is 5.86. The van der Waals surface area contributed by atoms with E-state index in [9.17, 15) is 9.59 Å². The zero-order valence-electron chi connectivity index (χ0n) is 8.92. The van der Waals surface area contributed by atoms with E-state index in [0.717, 1.165) is 5.57 Å². The zero-order chi connectivity index (χ0) is 11.9. The fourth-order valence-electron chi connectivity index (χ4n) is 0.214. The molecule has 0 aromatic heterocycles. The highest BCUT2D eigenvalue weighted by Crippen LogP contribution is 1.99. The molecule has 0 bridgehead atoms. The Morgan fingerprint density at radius 2 is 1.21 bits per heavy atom. The van der Waals surface area contributed by atoms with Gasteiger partial charge in [-0.05, 0) is 27.7 Å². The number of rotatable bonds is 2. The smallest absolute Gasteiger partial charge is 0.331 e. The maximum Gasteiger partial charge on any atom is 0.331 e. The van der Waals surface area contributed by atoms with E-state index in [-0.39, 0.29) is 5.57 Å². The van der Waals surface area contributed by atoms with E-state index in [2.05, 4.69) is 6.58 Å². The summed E-state index contributed by atoms with van der Waals surface area (Å²) in [5.74, 6) is -1.76. The molecule has 0 unspecified atom stereocenters. The third kappa shape index (κ3) is 8.52. The van der Waals surface area contributed by atoms with Crippen molar-refractivity contribution in [1.82, 2.24) is 0 Å². The van der Waals surface area contributed by atoms with Crippen LogP contribution in [-0.2, 0) is 9.59 Å². The van der Waals surface area contributed by atoms with E-state index in [1.165, 1.54) is 6.92 Å². The second kappa shape index (κ2) is 6.88. The maximum absolute atomic E-state index is 10.1. The van der Waals surface area contributed by atoms with E-state index < -0.39 is 11.9 Å². The second-order valence-corrected chi connectivity index (χ2v) is 3.02. The molecule has 0 aliphatic carbocycles. The van der Waals surface area contributed by atoms with Crippen molar-refractivity contribution < 1.29 is 19.8 Å². The van der Waals surface area contributed by atoms with Crippen molar-refractivity contribution in [2.45, 2.75) is 27.7 Å². The van der Waals surface area contributed by atoms with Gasteiger partial charge in [-0.1, -0.05) is 12.2 Å². The maximum atomic E-state index is 10.1. The summed E-state index contributed by atoms with van der Waals surface area (Å²) < 4.78 is 0. The number of carboxylic acid groups (broad SMARTS) is 2. The molecule has 0 saturated carbocycles. The first-order valence-corrected chi connectivity index (χ1v) is 3.96. The minimum Gasteiger partial charge on any atom is -0.478 e. The van der Waals surface area contributed by atoms with Gasteiger partial charge in [0.25, 0.3) is 0 Å². The van der Waals surface area contributed by atoms with E-state index in [1.807, 2.05) is 0 Å². The highest BCUT2D eigenvalue weighted by atomic mass is 16.4. The lowest BCUT2D eigenvalue weighted by Crippen LogP contribution is -1.97. The van der Waals surface area contributed by atoms with Crippen LogP contribution in [0.3, 0.4) is 0 Å². The SMILES string of the molecule is C=C(C)C(=O)O.CC(C)=C(C)C(=O)O. The molecular formula is C10H16O4.